The zero-order chi connectivity index (χ0) is 17.0. The molecule has 0 saturated carbocycles. The van der Waals surface area contributed by atoms with Crippen molar-refractivity contribution in [3.05, 3.63) is 35.9 Å². The van der Waals surface area contributed by atoms with E-state index in [1.54, 1.807) is 23.9 Å². The number of rotatable bonds is 3. The Hall–Kier alpha value is -2.04. The molecule has 1 aromatic rings. The van der Waals surface area contributed by atoms with Gasteiger partial charge in [0.05, 0.1) is 0 Å². The van der Waals surface area contributed by atoms with E-state index in [0.717, 1.165) is 0 Å². The van der Waals surface area contributed by atoms with Crippen LogP contribution in [0.1, 0.15) is 25.8 Å². The molecular weight excluding hydrogens is 290 g/mol. The molecule has 0 atom stereocenters. The van der Waals surface area contributed by atoms with Gasteiger partial charge in [0.2, 0.25) is 5.91 Å². The summed E-state index contributed by atoms with van der Waals surface area (Å²) >= 11 is 0. The van der Waals surface area contributed by atoms with E-state index in [2.05, 4.69) is 26.0 Å². The minimum absolute atomic E-state index is 0.0155. The maximum atomic E-state index is 12.6. The van der Waals surface area contributed by atoms with Crippen LogP contribution in [0.25, 0.3) is 0 Å². The first-order valence-corrected chi connectivity index (χ1v) is 8.11. The molecule has 0 bridgehead atoms. The molecule has 0 N–H and O–H groups in total. The van der Waals surface area contributed by atoms with E-state index in [1.165, 1.54) is 5.56 Å². The highest BCUT2D eigenvalue weighted by molar-refractivity contribution is 5.78. The number of nitrogens with zero attached hydrogens (tertiary/aromatic N) is 3. The number of carbonyl (C=O) groups excluding carboxylic acids is 2. The van der Waals surface area contributed by atoms with Gasteiger partial charge in [-0.15, -0.1) is 0 Å². The van der Waals surface area contributed by atoms with Crippen molar-refractivity contribution in [2.24, 2.45) is 0 Å². The van der Waals surface area contributed by atoms with Crippen molar-refractivity contribution in [3.8, 4) is 0 Å². The lowest BCUT2D eigenvalue weighted by Gasteiger charge is -2.37. The predicted molar refractivity (Wildman–Crippen MR) is 91.3 cm³/mol. The highest BCUT2D eigenvalue weighted by atomic mass is 16.2. The number of hydrogen-bond donors (Lipinski definition) is 0. The first-order chi connectivity index (χ1) is 10.8. The quantitative estimate of drug-likeness (QED) is 0.857. The Bertz CT molecular complexity index is 547. The molecule has 0 spiro atoms. The molecule has 1 aromatic carbocycles. The third-order valence-electron chi connectivity index (χ3n) is 4.43. The summed E-state index contributed by atoms with van der Waals surface area (Å²) in [6.07, 6.45) is 0.485. The number of benzene rings is 1. The number of amides is 3. The van der Waals surface area contributed by atoms with Crippen molar-refractivity contribution < 1.29 is 9.59 Å². The van der Waals surface area contributed by atoms with Crippen LogP contribution < -0.4 is 0 Å². The van der Waals surface area contributed by atoms with Crippen LogP contribution in [-0.4, -0.2) is 66.9 Å². The lowest BCUT2D eigenvalue weighted by molar-refractivity contribution is -0.133. The van der Waals surface area contributed by atoms with Crippen molar-refractivity contribution in [3.63, 3.8) is 0 Å². The Morgan fingerprint density at radius 1 is 1.00 bits per heavy atom. The number of hydrogen-bond acceptors (Lipinski definition) is 2. The van der Waals surface area contributed by atoms with Gasteiger partial charge < -0.3 is 14.7 Å². The number of carbonyl (C=O) groups is 2. The lowest BCUT2D eigenvalue weighted by atomic mass is 9.81. The van der Waals surface area contributed by atoms with Crippen LogP contribution in [0.5, 0.6) is 0 Å². The van der Waals surface area contributed by atoms with Gasteiger partial charge in [0.1, 0.15) is 0 Å². The number of urea groups is 1. The van der Waals surface area contributed by atoms with E-state index in [1.807, 2.05) is 23.1 Å². The van der Waals surface area contributed by atoms with Crippen molar-refractivity contribution in [1.82, 2.24) is 14.7 Å². The van der Waals surface area contributed by atoms with Crippen LogP contribution in [0.2, 0.25) is 0 Å². The van der Waals surface area contributed by atoms with Crippen LogP contribution >= 0.6 is 0 Å². The Morgan fingerprint density at radius 2 is 1.52 bits per heavy atom. The van der Waals surface area contributed by atoms with Gasteiger partial charge in [0.15, 0.2) is 0 Å². The molecule has 126 valence electrons. The molecule has 5 nitrogen and oxygen atoms in total. The molecule has 0 radical (unpaired) electrons. The normalized spacial score (nSPS) is 15.5. The average Bonchev–Trinajstić information content (AvgIpc) is 2.54. The smallest absolute Gasteiger partial charge is 0.319 e. The van der Waals surface area contributed by atoms with E-state index >= 15 is 0 Å². The van der Waals surface area contributed by atoms with Gasteiger partial charge in [-0.3, -0.25) is 4.79 Å². The van der Waals surface area contributed by atoms with Crippen LogP contribution in [0.3, 0.4) is 0 Å². The third-order valence-corrected chi connectivity index (χ3v) is 4.43. The van der Waals surface area contributed by atoms with Crippen molar-refractivity contribution >= 4 is 11.9 Å². The second-order valence-corrected chi connectivity index (χ2v) is 6.97. The Morgan fingerprint density at radius 3 is 2.04 bits per heavy atom. The molecular formula is C18H27N3O2. The fourth-order valence-corrected chi connectivity index (χ4v) is 2.91. The van der Waals surface area contributed by atoms with E-state index in [-0.39, 0.29) is 17.4 Å². The molecule has 3 amide bonds. The fourth-order valence-electron chi connectivity index (χ4n) is 2.91. The van der Waals surface area contributed by atoms with Gasteiger partial charge in [0, 0.05) is 46.7 Å². The topological polar surface area (TPSA) is 43.9 Å². The summed E-state index contributed by atoms with van der Waals surface area (Å²) in [5.74, 6) is 0.163. The molecule has 0 aliphatic carbocycles. The molecule has 5 heteroatoms. The van der Waals surface area contributed by atoms with Crippen molar-refractivity contribution in [2.75, 3.05) is 40.3 Å². The van der Waals surface area contributed by atoms with Crippen LogP contribution in [0.4, 0.5) is 4.79 Å². The highest BCUT2D eigenvalue weighted by Crippen LogP contribution is 2.27. The Kier molecular flexibility index (Phi) is 5.29. The third kappa shape index (κ3) is 4.24. The van der Waals surface area contributed by atoms with E-state index < -0.39 is 0 Å². The summed E-state index contributed by atoms with van der Waals surface area (Å²) < 4.78 is 0. The van der Waals surface area contributed by atoms with Gasteiger partial charge in [-0.1, -0.05) is 44.2 Å². The summed E-state index contributed by atoms with van der Waals surface area (Å²) in [5.41, 5.74) is 0.990. The Labute approximate surface area is 138 Å². The van der Waals surface area contributed by atoms with Gasteiger partial charge >= 0.3 is 6.03 Å². The lowest BCUT2D eigenvalue weighted by Crippen LogP contribution is -2.53. The van der Waals surface area contributed by atoms with Gasteiger partial charge in [-0.05, 0) is 11.0 Å². The molecule has 1 fully saturated rings. The summed E-state index contributed by atoms with van der Waals surface area (Å²) in [6.45, 7) is 6.65. The summed E-state index contributed by atoms with van der Waals surface area (Å²) in [5, 5.41) is 0. The molecule has 1 heterocycles. The summed E-state index contributed by atoms with van der Waals surface area (Å²) in [7, 11) is 3.50. The Balaban J connectivity index is 1.92. The summed E-state index contributed by atoms with van der Waals surface area (Å²) in [6, 6.07) is 10.2. The van der Waals surface area contributed by atoms with Crippen LogP contribution in [0.15, 0.2) is 30.3 Å². The van der Waals surface area contributed by atoms with Crippen molar-refractivity contribution in [2.45, 2.75) is 25.7 Å². The first-order valence-electron chi connectivity index (χ1n) is 8.11. The molecule has 1 aliphatic rings. The minimum atomic E-state index is -0.186. The predicted octanol–water partition coefficient (Wildman–Crippen LogP) is 2.18. The molecule has 23 heavy (non-hydrogen) atoms. The molecule has 0 aromatic heterocycles. The standard InChI is InChI=1S/C18H27N3O2/c1-18(2,15-8-6-5-7-9-15)14-16(22)20-10-12-21(13-11-20)17(23)19(3)4/h5-9H,10-14H2,1-4H3. The summed E-state index contributed by atoms with van der Waals surface area (Å²) in [4.78, 5) is 29.8. The second-order valence-electron chi connectivity index (χ2n) is 6.97. The fraction of sp³-hybridized carbons (Fsp3) is 0.556. The zero-order valence-electron chi connectivity index (χ0n) is 14.6. The SMILES string of the molecule is CN(C)C(=O)N1CCN(C(=O)CC(C)(C)c2ccccc2)CC1. The van der Waals surface area contributed by atoms with Crippen molar-refractivity contribution in [1.29, 1.82) is 0 Å². The van der Waals surface area contributed by atoms with Gasteiger partial charge in [-0.2, -0.15) is 0 Å². The van der Waals surface area contributed by atoms with E-state index in [9.17, 15) is 9.59 Å². The van der Waals surface area contributed by atoms with E-state index in [0.29, 0.717) is 32.6 Å². The minimum Gasteiger partial charge on any atom is -0.339 e. The average molecular weight is 317 g/mol. The van der Waals surface area contributed by atoms with Gasteiger partial charge in [0.25, 0.3) is 0 Å². The molecule has 1 aliphatic heterocycles. The maximum absolute atomic E-state index is 12.6. The largest absolute Gasteiger partial charge is 0.339 e. The van der Waals surface area contributed by atoms with Crippen LogP contribution in [-0.2, 0) is 10.2 Å². The van der Waals surface area contributed by atoms with E-state index in [4.69, 9.17) is 0 Å². The molecule has 1 saturated heterocycles. The first kappa shape index (κ1) is 17.3. The molecule has 2 rings (SSSR count). The number of piperazine rings is 1. The highest BCUT2D eigenvalue weighted by Gasteiger charge is 2.30. The molecule has 0 unspecified atom stereocenters. The zero-order valence-corrected chi connectivity index (χ0v) is 14.6. The maximum Gasteiger partial charge on any atom is 0.319 e. The second kappa shape index (κ2) is 7.02. The monoisotopic (exact) mass is 317 g/mol. The van der Waals surface area contributed by atoms with Crippen LogP contribution in [0, 0.1) is 0 Å². The van der Waals surface area contributed by atoms with Gasteiger partial charge in [-0.25, -0.2) is 4.79 Å².